The van der Waals surface area contributed by atoms with E-state index in [1.54, 1.807) is 0 Å². The third-order valence-corrected chi connectivity index (χ3v) is 2.95. The Morgan fingerprint density at radius 2 is 2.00 bits per heavy atom. The van der Waals surface area contributed by atoms with Gasteiger partial charge in [-0.15, -0.1) is 10.2 Å². The van der Waals surface area contributed by atoms with Crippen molar-refractivity contribution in [3.63, 3.8) is 0 Å². The van der Waals surface area contributed by atoms with Crippen molar-refractivity contribution in [1.29, 1.82) is 0 Å². The number of hydrogen-bond donors (Lipinski definition) is 1. The first-order valence-electron chi connectivity index (χ1n) is 5.56. The quantitative estimate of drug-likeness (QED) is 0.852. The van der Waals surface area contributed by atoms with Crippen LogP contribution in [0, 0.1) is 0 Å². The molecule has 0 atom stereocenters. The molecular formula is C12H14N4. The van der Waals surface area contributed by atoms with E-state index in [2.05, 4.69) is 44.3 Å². The summed E-state index contributed by atoms with van der Waals surface area (Å²) in [6, 6.07) is 8.89. The van der Waals surface area contributed by atoms with Crippen LogP contribution in [0.25, 0.3) is 11.4 Å². The van der Waals surface area contributed by atoms with Crippen LogP contribution in [-0.2, 0) is 0 Å². The van der Waals surface area contributed by atoms with Gasteiger partial charge < -0.3 is 9.88 Å². The van der Waals surface area contributed by atoms with Crippen molar-refractivity contribution < 1.29 is 0 Å². The fourth-order valence-corrected chi connectivity index (χ4v) is 1.86. The Morgan fingerprint density at radius 3 is 2.62 bits per heavy atom. The van der Waals surface area contributed by atoms with E-state index in [0.29, 0.717) is 6.04 Å². The van der Waals surface area contributed by atoms with Crippen LogP contribution in [0.3, 0.4) is 0 Å². The van der Waals surface area contributed by atoms with Crippen LogP contribution in [0.4, 0.5) is 5.69 Å². The zero-order valence-electron chi connectivity index (χ0n) is 9.22. The van der Waals surface area contributed by atoms with Crippen molar-refractivity contribution >= 4 is 5.69 Å². The molecule has 0 bridgehead atoms. The minimum Gasteiger partial charge on any atom is -0.388 e. The molecule has 4 nitrogen and oxygen atoms in total. The van der Waals surface area contributed by atoms with Crippen molar-refractivity contribution in [3.8, 4) is 11.4 Å². The van der Waals surface area contributed by atoms with Gasteiger partial charge in [0.15, 0.2) is 5.82 Å². The summed E-state index contributed by atoms with van der Waals surface area (Å²) in [4.78, 5) is 0. The van der Waals surface area contributed by atoms with Gasteiger partial charge in [0.25, 0.3) is 0 Å². The van der Waals surface area contributed by atoms with Crippen LogP contribution in [0.1, 0.15) is 18.9 Å². The standard InChI is InChI=1S/C12H14N4/c1-13-10-4-2-9(3-5-10)12-15-14-8-16(12)11-6-7-11/h2-5,8,11,13H,6-7H2,1H3. The Bertz CT molecular complexity index is 482. The highest BCUT2D eigenvalue weighted by molar-refractivity contribution is 5.59. The summed E-state index contributed by atoms with van der Waals surface area (Å²) in [7, 11) is 1.92. The van der Waals surface area contributed by atoms with Crippen LogP contribution in [-0.4, -0.2) is 21.8 Å². The third-order valence-electron chi connectivity index (χ3n) is 2.95. The SMILES string of the molecule is CNc1ccc(-c2nncn2C2CC2)cc1. The highest BCUT2D eigenvalue weighted by Gasteiger charge is 2.26. The molecule has 1 aromatic heterocycles. The van der Waals surface area contributed by atoms with Gasteiger partial charge in [0.05, 0.1) is 0 Å². The smallest absolute Gasteiger partial charge is 0.164 e. The Kier molecular flexibility index (Phi) is 2.13. The number of hydrogen-bond acceptors (Lipinski definition) is 3. The van der Waals surface area contributed by atoms with Gasteiger partial charge in [0.2, 0.25) is 0 Å². The second-order valence-corrected chi connectivity index (χ2v) is 4.12. The number of benzene rings is 1. The molecule has 0 unspecified atom stereocenters. The van der Waals surface area contributed by atoms with Gasteiger partial charge in [0, 0.05) is 24.3 Å². The number of rotatable bonds is 3. The van der Waals surface area contributed by atoms with Crippen LogP contribution < -0.4 is 5.32 Å². The molecule has 2 aromatic rings. The van der Waals surface area contributed by atoms with Crippen molar-refractivity contribution in [2.24, 2.45) is 0 Å². The predicted octanol–water partition coefficient (Wildman–Crippen LogP) is 2.32. The molecule has 3 rings (SSSR count). The number of nitrogens with one attached hydrogen (secondary N) is 1. The fourth-order valence-electron chi connectivity index (χ4n) is 1.86. The first-order chi connectivity index (χ1) is 7.88. The molecule has 1 aliphatic carbocycles. The Hall–Kier alpha value is -1.84. The summed E-state index contributed by atoms with van der Waals surface area (Å²) in [6.07, 6.45) is 4.33. The average molecular weight is 214 g/mol. The number of aromatic nitrogens is 3. The maximum Gasteiger partial charge on any atom is 0.164 e. The van der Waals surface area contributed by atoms with Crippen LogP contribution >= 0.6 is 0 Å². The molecular weight excluding hydrogens is 200 g/mol. The zero-order valence-corrected chi connectivity index (χ0v) is 9.22. The minimum absolute atomic E-state index is 0.619. The molecule has 1 fully saturated rings. The lowest BCUT2D eigenvalue weighted by Gasteiger charge is -2.05. The molecule has 16 heavy (non-hydrogen) atoms. The molecule has 4 heteroatoms. The first kappa shape index (κ1) is 9.39. The van der Waals surface area contributed by atoms with Gasteiger partial charge in [-0.05, 0) is 37.1 Å². The lowest BCUT2D eigenvalue weighted by molar-refractivity contribution is 0.746. The van der Waals surface area contributed by atoms with E-state index >= 15 is 0 Å². The van der Waals surface area contributed by atoms with Gasteiger partial charge in [-0.25, -0.2) is 0 Å². The van der Waals surface area contributed by atoms with Crippen molar-refractivity contribution in [1.82, 2.24) is 14.8 Å². The van der Waals surface area contributed by atoms with E-state index in [1.165, 1.54) is 12.8 Å². The predicted molar refractivity (Wildman–Crippen MR) is 63.3 cm³/mol. The maximum atomic E-state index is 4.20. The molecule has 1 heterocycles. The first-order valence-corrected chi connectivity index (χ1v) is 5.56. The fraction of sp³-hybridized carbons (Fsp3) is 0.333. The van der Waals surface area contributed by atoms with Crippen LogP contribution in [0.2, 0.25) is 0 Å². The Balaban J connectivity index is 1.97. The summed E-state index contributed by atoms with van der Waals surface area (Å²) in [5.41, 5.74) is 2.24. The molecule has 1 saturated carbocycles. The van der Waals surface area contributed by atoms with E-state index in [0.717, 1.165) is 17.1 Å². The van der Waals surface area contributed by atoms with E-state index in [4.69, 9.17) is 0 Å². The molecule has 1 aromatic carbocycles. The van der Waals surface area contributed by atoms with Gasteiger partial charge in [-0.3, -0.25) is 0 Å². The summed E-state index contributed by atoms with van der Waals surface area (Å²) in [5, 5.41) is 11.3. The van der Waals surface area contributed by atoms with Gasteiger partial charge in [-0.1, -0.05) is 0 Å². The molecule has 1 N–H and O–H groups in total. The Labute approximate surface area is 94.3 Å². The maximum absolute atomic E-state index is 4.20. The molecule has 0 aliphatic heterocycles. The molecule has 0 radical (unpaired) electrons. The summed E-state index contributed by atoms with van der Waals surface area (Å²) >= 11 is 0. The van der Waals surface area contributed by atoms with E-state index < -0.39 is 0 Å². The lowest BCUT2D eigenvalue weighted by Crippen LogP contribution is -1.96. The van der Waals surface area contributed by atoms with Gasteiger partial charge in [0.1, 0.15) is 6.33 Å². The largest absolute Gasteiger partial charge is 0.388 e. The van der Waals surface area contributed by atoms with E-state index in [9.17, 15) is 0 Å². The summed E-state index contributed by atoms with van der Waals surface area (Å²) in [5.74, 6) is 0.977. The lowest BCUT2D eigenvalue weighted by atomic mass is 10.2. The van der Waals surface area contributed by atoms with E-state index in [-0.39, 0.29) is 0 Å². The monoisotopic (exact) mass is 214 g/mol. The van der Waals surface area contributed by atoms with Crippen LogP contribution in [0.15, 0.2) is 30.6 Å². The molecule has 0 saturated heterocycles. The summed E-state index contributed by atoms with van der Waals surface area (Å²) in [6.45, 7) is 0. The second-order valence-electron chi connectivity index (χ2n) is 4.12. The van der Waals surface area contributed by atoms with Crippen molar-refractivity contribution in [2.45, 2.75) is 18.9 Å². The zero-order chi connectivity index (χ0) is 11.0. The van der Waals surface area contributed by atoms with Gasteiger partial charge >= 0.3 is 0 Å². The molecule has 0 amide bonds. The number of anilines is 1. The van der Waals surface area contributed by atoms with E-state index in [1.807, 2.05) is 13.4 Å². The molecule has 1 aliphatic rings. The average Bonchev–Trinajstić information content (AvgIpc) is 3.07. The topological polar surface area (TPSA) is 42.7 Å². The molecule has 0 spiro atoms. The van der Waals surface area contributed by atoms with Crippen molar-refractivity contribution in [2.75, 3.05) is 12.4 Å². The van der Waals surface area contributed by atoms with Crippen molar-refractivity contribution in [3.05, 3.63) is 30.6 Å². The second kappa shape index (κ2) is 3.63. The number of nitrogens with zero attached hydrogens (tertiary/aromatic N) is 3. The normalized spacial score (nSPS) is 15.1. The highest BCUT2D eigenvalue weighted by atomic mass is 15.3. The Morgan fingerprint density at radius 1 is 1.25 bits per heavy atom. The highest BCUT2D eigenvalue weighted by Crippen LogP contribution is 2.37. The van der Waals surface area contributed by atoms with Crippen LogP contribution in [0.5, 0.6) is 0 Å². The summed E-state index contributed by atoms with van der Waals surface area (Å²) < 4.78 is 2.17. The van der Waals surface area contributed by atoms with Gasteiger partial charge in [-0.2, -0.15) is 0 Å². The molecule has 82 valence electrons. The minimum atomic E-state index is 0.619. The third kappa shape index (κ3) is 1.56.